The molecular weight excluding hydrogens is 404 g/mol. The summed E-state index contributed by atoms with van der Waals surface area (Å²) < 4.78 is 28.1. The summed E-state index contributed by atoms with van der Waals surface area (Å²) in [4.78, 5) is 25.9. The summed E-state index contributed by atoms with van der Waals surface area (Å²) in [7, 11) is 0. The number of Topliss-reactive ketones (excluding diaryl/α,β-unsaturated/α-hetero) is 1. The van der Waals surface area contributed by atoms with Crippen molar-refractivity contribution in [2.24, 2.45) is 0 Å². The summed E-state index contributed by atoms with van der Waals surface area (Å²) in [6, 6.07) is 2.92. The van der Waals surface area contributed by atoms with Gasteiger partial charge in [0.15, 0.2) is 17.9 Å². The second kappa shape index (κ2) is 9.13. The molecule has 0 radical (unpaired) electrons. The van der Waals surface area contributed by atoms with Crippen molar-refractivity contribution in [3.05, 3.63) is 52.3 Å². The van der Waals surface area contributed by atoms with Crippen molar-refractivity contribution in [2.45, 2.75) is 46.0 Å². The molecular formula is C23H23F2N3O3. The number of carbonyl (C=O) groups is 2. The van der Waals surface area contributed by atoms with E-state index in [9.17, 15) is 23.5 Å². The van der Waals surface area contributed by atoms with Crippen LogP contribution in [0.2, 0.25) is 0 Å². The number of nitrogens with one attached hydrogen (secondary N) is 2. The highest BCUT2D eigenvalue weighted by Crippen LogP contribution is 2.25. The van der Waals surface area contributed by atoms with Crippen LogP contribution in [0.25, 0.3) is 0 Å². The molecule has 0 spiro atoms. The summed E-state index contributed by atoms with van der Waals surface area (Å²) in [6.45, 7) is 6.33. The smallest absolute Gasteiger partial charge is 0.272 e. The van der Waals surface area contributed by atoms with Gasteiger partial charge in [0.1, 0.15) is 5.69 Å². The Balaban J connectivity index is 2.48. The Morgan fingerprint density at radius 2 is 1.87 bits per heavy atom. The standard InChI is InChI=1S/C23H23F2N3O3/c1-7-11-28-14(4)18(20(29)22(31)27-23(5,6)8-2)13(3)19(28)21(30)26-15-9-10-16(24)17(25)12-15/h1-2,9-10,12,22,27,31H,11H2,3-6H3,(H,26,30). The zero-order valence-corrected chi connectivity index (χ0v) is 17.6. The fraction of sp³-hybridized carbons (Fsp3) is 0.304. The van der Waals surface area contributed by atoms with E-state index in [1.165, 1.54) is 17.6 Å². The van der Waals surface area contributed by atoms with E-state index in [1.54, 1.807) is 20.8 Å². The van der Waals surface area contributed by atoms with Crippen LogP contribution in [0.3, 0.4) is 0 Å². The van der Waals surface area contributed by atoms with E-state index in [0.717, 1.165) is 12.1 Å². The molecule has 0 aliphatic heterocycles. The lowest BCUT2D eigenvalue weighted by Gasteiger charge is -2.23. The van der Waals surface area contributed by atoms with E-state index in [-0.39, 0.29) is 29.1 Å². The zero-order chi connectivity index (χ0) is 23.5. The van der Waals surface area contributed by atoms with Crippen LogP contribution in [0.5, 0.6) is 0 Å². The monoisotopic (exact) mass is 427 g/mol. The molecule has 1 unspecified atom stereocenters. The van der Waals surface area contributed by atoms with Crippen LogP contribution in [-0.4, -0.2) is 33.1 Å². The summed E-state index contributed by atoms with van der Waals surface area (Å²) >= 11 is 0. The summed E-state index contributed by atoms with van der Waals surface area (Å²) in [5, 5.41) is 15.5. The van der Waals surface area contributed by atoms with Crippen LogP contribution >= 0.6 is 0 Å². The maximum atomic E-state index is 13.5. The molecule has 0 aliphatic rings. The van der Waals surface area contributed by atoms with Gasteiger partial charge in [0, 0.05) is 23.0 Å². The molecule has 8 heteroatoms. The molecule has 1 aromatic heterocycles. The van der Waals surface area contributed by atoms with Crippen LogP contribution in [0.15, 0.2) is 18.2 Å². The average Bonchev–Trinajstić information content (AvgIpc) is 2.94. The van der Waals surface area contributed by atoms with Crippen molar-refractivity contribution in [3.8, 4) is 24.7 Å². The molecule has 0 bridgehead atoms. The molecule has 0 aliphatic carbocycles. The normalized spacial score (nSPS) is 12.0. The summed E-state index contributed by atoms with van der Waals surface area (Å²) in [5.41, 5.74) is -0.108. The fourth-order valence-electron chi connectivity index (χ4n) is 3.19. The molecule has 162 valence electrons. The number of hydrogen-bond donors (Lipinski definition) is 3. The minimum absolute atomic E-state index is 0.0276. The first kappa shape index (κ1) is 23.8. The van der Waals surface area contributed by atoms with Gasteiger partial charge in [-0.3, -0.25) is 14.9 Å². The van der Waals surface area contributed by atoms with Crippen LogP contribution in [-0.2, 0) is 6.54 Å². The third-order valence-corrected chi connectivity index (χ3v) is 4.76. The first-order valence-corrected chi connectivity index (χ1v) is 9.30. The first-order valence-electron chi connectivity index (χ1n) is 9.30. The van der Waals surface area contributed by atoms with Crippen LogP contribution in [0, 0.1) is 50.2 Å². The maximum absolute atomic E-state index is 13.5. The molecule has 2 aromatic rings. The van der Waals surface area contributed by atoms with Crippen molar-refractivity contribution in [2.75, 3.05) is 5.32 Å². The Hall–Kier alpha value is -3.46. The van der Waals surface area contributed by atoms with E-state index >= 15 is 0 Å². The molecule has 3 N–H and O–H groups in total. The van der Waals surface area contributed by atoms with Crippen LogP contribution in [0.1, 0.15) is 46.0 Å². The van der Waals surface area contributed by atoms with E-state index in [2.05, 4.69) is 22.5 Å². The van der Waals surface area contributed by atoms with E-state index in [1.807, 2.05) is 0 Å². The quantitative estimate of drug-likeness (QED) is 0.361. The third kappa shape index (κ3) is 5.00. The van der Waals surface area contributed by atoms with Gasteiger partial charge < -0.3 is 15.0 Å². The van der Waals surface area contributed by atoms with Gasteiger partial charge in [-0.2, -0.15) is 0 Å². The summed E-state index contributed by atoms with van der Waals surface area (Å²) in [5.74, 6) is 1.31. The van der Waals surface area contributed by atoms with Crippen molar-refractivity contribution in [1.82, 2.24) is 9.88 Å². The highest BCUT2D eigenvalue weighted by molar-refractivity contribution is 6.09. The van der Waals surface area contributed by atoms with Gasteiger partial charge in [0.25, 0.3) is 5.91 Å². The van der Waals surface area contributed by atoms with Gasteiger partial charge >= 0.3 is 0 Å². The van der Waals surface area contributed by atoms with Crippen LogP contribution < -0.4 is 10.6 Å². The van der Waals surface area contributed by atoms with Crippen molar-refractivity contribution < 1.29 is 23.5 Å². The molecule has 2 rings (SSSR count). The number of anilines is 1. The zero-order valence-electron chi connectivity index (χ0n) is 17.6. The lowest BCUT2D eigenvalue weighted by atomic mass is 10.0. The molecule has 6 nitrogen and oxygen atoms in total. The Morgan fingerprint density at radius 3 is 2.42 bits per heavy atom. The van der Waals surface area contributed by atoms with Crippen molar-refractivity contribution in [3.63, 3.8) is 0 Å². The number of halogens is 2. The van der Waals surface area contributed by atoms with E-state index < -0.39 is 35.1 Å². The van der Waals surface area contributed by atoms with E-state index in [4.69, 9.17) is 12.8 Å². The van der Waals surface area contributed by atoms with Crippen LogP contribution in [0.4, 0.5) is 14.5 Å². The number of amides is 1. The van der Waals surface area contributed by atoms with Gasteiger partial charge in [0.05, 0.1) is 12.1 Å². The van der Waals surface area contributed by atoms with E-state index in [0.29, 0.717) is 5.69 Å². The topological polar surface area (TPSA) is 83.4 Å². The molecule has 1 atom stereocenters. The van der Waals surface area contributed by atoms with Gasteiger partial charge in [-0.05, 0) is 45.4 Å². The molecule has 0 saturated carbocycles. The summed E-state index contributed by atoms with van der Waals surface area (Å²) in [6.07, 6.45) is 9.19. The molecule has 1 aromatic carbocycles. The number of terminal acetylenes is 2. The lowest BCUT2D eigenvalue weighted by molar-refractivity contribution is 0.0621. The third-order valence-electron chi connectivity index (χ3n) is 4.76. The number of nitrogens with zero attached hydrogens (tertiary/aromatic N) is 1. The Morgan fingerprint density at radius 1 is 1.23 bits per heavy atom. The number of aliphatic hydroxyl groups excluding tert-OH is 1. The number of carbonyl (C=O) groups excluding carboxylic acids is 2. The predicted molar refractivity (Wildman–Crippen MR) is 113 cm³/mol. The second-order valence-electron chi connectivity index (χ2n) is 7.49. The molecule has 31 heavy (non-hydrogen) atoms. The Labute approximate surface area is 179 Å². The number of benzene rings is 1. The van der Waals surface area contributed by atoms with Gasteiger partial charge in [-0.1, -0.05) is 11.8 Å². The number of hydrogen-bond acceptors (Lipinski definition) is 4. The highest BCUT2D eigenvalue weighted by atomic mass is 19.2. The van der Waals surface area contributed by atoms with Gasteiger partial charge in [-0.15, -0.1) is 12.8 Å². The Bertz CT molecular complexity index is 1120. The largest absolute Gasteiger partial charge is 0.371 e. The highest BCUT2D eigenvalue weighted by Gasteiger charge is 2.31. The number of ketones is 1. The number of aliphatic hydroxyl groups is 1. The maximum Gasteiger partial charge on any atom is 0.272 e. The molecule has 1 amide bonds. The minimum Gasteiger partial charge on any atom is -0.371 e. The number of rotatable bonds is 7. The SMILES string of the molecule is C#CCn1c(C)c(C(=O)C(O)NC(C)(C)C#C)c(C)c1C(=O)Nc1ccc(F)c(F)c1. The van der Waals surface area contributed by atoms with Crippen molar-refractivity contribution >= 4 is 17.4 Å². The Kier molecular flexibility index (Phi) is 7.02. The second-order valence-corrected chi connectivity index (χ2v) is 7.49. The average molecular weight is 427 g/mol. The minimum atomic E-state index is -1.62. The van der Waals surface area contributed by atoms with Crippen molar-refractivity contribution in [1.29, 1.82) is 0 Å². The molecule has 0 fully saturated rings. The first-order chi connectivity index (χ1) is 14.4. The predicted octanol–water partition coefficient (Wildman–Crippen LogP) is 2.77. The van der Waals surface area contributed by atoms with Gasteiger partial charge in [0.2, 0.25) is 5.78 Å². The molecule has 1 heterocycles. The van der Waals surface area contributed by atoms with Gasteiger partial charge in [-0.25, -0.2) is 8.78 Å². The number of aromatic nitrogens is 1. The molecule has 0 saturated heterocycles. The lowest BCUT2D eigenvalue weighted by Crippen LogP contribution is -2.48. The fourth-order valence-corrected chi connectivity index (χ4v) is 3.19.